The number of carbonyl (C=O) groups is 2. The average molecular weight is 610 g/mol. The smallest absolute Gasteiger partial charge is 0.328 e. The largest absolute Gasteiger partial charge is 0.467 e. The molecule has 4 aromatic rings. The maximum absolute atomic E-state index is 14.0. The minimum absolute atomic E-state index is 0.310. The molecule has 0 aliphatic rings. The molecule has 4 rings (SSSR count). The van der Waals surface area contributed by atoms with Gasteiger partial charge < -0.3 is 10.1 Å². The molecule has 0 aliphatic carbocycles. The first kappa shape index (κ1) is 31.3. The minimum atomic E-state index is -0.763. The molecule has 0 saturated carbocycles. The summed E-state index contributed by atoms with van der Waals surface area (Å²) < 4.78 is 32.9. The lowest BCUT2D eigenvalue weighted by Crippen LogP contribution is -2.42. The molecule has 0 bridgehead atoms. The number of nitrogens with one attached hydrogen (secondary N) is 1. The fourth-order valence-corrected chi connectivity index (χ4v) is 5.88. The van der Waals surface area contributed by atoms with Gasteiger partial charge >= 0.3 is 5.97 Å². The lowest BCUT2D eigenvalue weighted by atomic mass is 9.93. The van der Waals surface area contributed by atoms with Gasteiger partial charge in [0, 0.05) is 42.3 Å². The number of amides is 1. The number of esters is 1. The summed E-state index contributed by atoms with van der Waals surface area (Å²) >= 11 is 3.09. The summed E-state index contributed by atoms with van der Waals surface area (Å²) in [5.41, 5.74) is 6.24. The van der Waals surface area contributed by atoms with Gasteiger partial charge in [0.15, 0.2) is 0 Å². The third kappa shape index (κ3) is 8.47. The van der Waals surface area contributed by atoms with Crippen LogP contribution in [-0.2, 0) is 29.2 Å². The van der Waals surface area contributed by atoms with Gasteiger partial charge in [-0.1, -0.05) is 30.3 Å². The Morgan fingerprint density at radius 2 is 1.74 bits per heavy atom. The van der Waals surface area contributed by atoms with Crippen LogP contribution in [0.4, 0.5) is 8.78 Å². The highest BCUT2D eigenvalue weighted by molar-refractivity contribution is 7.98. The highest BCUT2D eigenvalue weighted by Crippen LogP contribution is 2.29. The predicted molar refractivity (Wildman–Crippen MR) is 164 cm³/mol. The number of benzene rings is 3. The Bertz CT molecular complexity index is 1490. The Balaban J connectivity index is 1.68. The van der Waals surface area contributed by atoms with E-state index in [1.54, 1.807) is 29.5 Å². The molecule has 1 aromatic heterocycles. The van der Waals surface area contributed by atoms with E-state index in [1.165, 1.54) is 30.6 Å². The zero-order valence-electron chi connectivity index (χ0n) is 23.7. The number of methoxy groups -OCH3 is 1. The fourth-order valence-electron chi connectivity index (χ4n) is 4.78. The van der Waals surface area contributed by atoms with Crippen molar-refractivity contribution in [3.8, 4) is 11.1 Å². The van der Waals surface area contributed by atoms with Crippen LogP contribution in [0.3, 0.4) is 0 Å². The van der Waals surface area contributed by atoms with Crippen molar-refractivity contribution >= 4 is 35.0 Å². The molecule has 1 N–H and O–H groups in total. The maximum atomic E-state index is 14.0. The van der Waals surface area contributed by atoms with E-state index in [-0.39, 0.29) is 5.91 Å². The molecule has 1 atom stereocenters. The standard InChI is InChI=1S/C32H33F2N3O3S2/c1-21-6-4-5-7-27(21)29-14-22(8-9-28(29)31(38)36-30(10-11-41-3)32(39)40-2)17-37(19-26-16-35-20-42-26)18-23-12-24(33)15-25(34)13-23/h4-9,12-16,20,30H,10-11,17-19H2,1-3H3,(H,36,38)/t30-/m0/s1. The zero-order chi connectivity index (χ0) is 30.1. The summed E-state index contributed by atoms with van der Waals surface area (Å²) in [4.78, 5) is 33.2. The Morgan fingerprint density at radius 1 is 1.00 bits per heavy atom. The van der Waals surface area contributed by atoms with E-state index in [0.717, 1.165) is 33.2 Å². The molecule has 10 heteroatoms. The molecule has 0 fully saturated rings. The van der Waals surface area contributed by atoms with Gasteiger partial charge in [0.05, 0.1) is 12.6 Å². The van der Waals surface area contributed by atoms with Crippen LogP contribution in [0.5, 0.6) is 0 Å². The van der Waals surface area contributed by atoms with E-state index in [9.17, 15) is 18.4 Å². The summed E-state index contributed by atoms with van der Waals surface area (Å²) in [6, 6.07) is 16.2. The number of carbonyl (C=O) groups excluding carboxylic acids is 2. The first-order valence-corrected chi connectivity index (χ1v) is 15.7. The molecule has 42 heavy (non-hydrogen) atoms. The van der Waals surface area contributed by atoms with E-state index >= 15 is 0 Å². The van der Waals surface area contributed by atoms with Crippen LogP contribution < -0.4 is 5.32 Å². The van der Waals surface area contributed by atoms with Crippen molar-refractivity contribution in [2.24, 2.45) is 0 Å². The number of hydrogen-bond acceptors (Lipinski definition) is 7. The van der Waals surface area contributed by atoms with Crippen molar-refractivity contribution in [3.05, 3.63) is 111 Å². The summed E-state index contributed by atoms with van der Waals surface area (Å²) in [5.74, 6) is -1.41. The first-order valence-electron chi connectivity index (χ1n) is 13.4. The fraction of sp³-hybridized carbons (Fsp3) is 0.281. The molecule has 0 unspecified atom stereocenters. The molecule has 3 aromatic carbocycles. The van der Waals surface area contributed by atoms with Gasteiger partial charge in [0.2, 0.25) is 0 Å². The number of ether oxygens (including phenoxy) is 1. The average Bonchev–Trinajstić information content (AvgIpc) is 3.47. The van der Waals surface area contributed by atoms with Crippen LogP contribution in [0.25, 0.3) is 11.1 Å². The van der Waals surface area contributed by atoms with Crippen LogP contribution in [0.15, 0.2) is 72.4 Å². The number of rotatable bonds is 13. The topological polar surface area (TPSA) is 71.5 Å². The molecule has 1 heterocycles. The van der Waals surface area contributed by atoms with E-state index < -0.39 is 23.6 Å². The summed E-state index contributed by atoms with van der Waals surface area (Å²) in [5, 5.41) is 2.87. The SMILES string of the molecule is COC(=O)[C@H](CCSC)NC(=O)c1ccc(CN(Cc2cc(F)cc(F)c2)Cc2cncs2)cc1-c1ccccc1C. The van der Waals surface area contributed by atoms with Gasteiger partial charge in [0.1, 0.15) is 17.7 Å². The molecular weight excluding hydrogens is 577 g/mol. The minimum Gasteiger partial charge on any atom is -0.467 e. The van der Waals surface area contributed by atoms with E-state index in [1.807, 2.05) is 49.6 Å². The Kier molecular flexibility index (Phi) is 11.2. The highest BCUT2D eigenvalue weighted by Gasteiger charge is 2.24. The van der Waals surface area contributed by atoms with Gasteiger partial charge in [-0.2, -0.15) is 11.8 Å². The highest BCUT2D eigenvalue weighted by atomic mass is 32.2. The van der Waals surface area contributed by atoms with Crippen LogP contribution in [0, 0.1) is 18.6 Å². The van der Waals surface area contributed by atoms with Crippen molar-refractivity contribution in [3.63, 3.8) is 0 Å². The number of hydrogen-bond donors (Lipinski definition) is 1. The third-order valence-corrected chi connectivity index (χ3v) is 8.17. The second-order valence-electron chi connectivity index (χ2n) is 9.92. The van der Waals surface area contributed by atoms with Crippen LogP contribution >= 0.6 is 23.1 Å². The number of nitrogens with zero attached hydrogens (tertiary/aromatic N) is 2. The van der Waals surface area contributed by atoms with Gasteiger partial charge in [-0.15, -0.1) is 11.3 Å². The van der Waals surface area contributed by atoms with Crippen LogP contribution in [0.2, 0.25) is 0 Å². The number of thioether (sulfide) groups is 1. The van der Waals surface area contributed by atoms with Crippen molar-refractivity contribution in [2.45, 2.75) is 39.0 Å². The molecule has 0 saturated heterocycles. The summed E-state index contributed by atoms with van der Waals surface area (Å²) in [6.07, 6.45) is 4.17. The van der Waals surface area contributed by atoms with E-state index in [0.29, 0.717) is 42.9 Å². The second-order valence-corrected chi connectivity index (χ2v) is 11.9. The monoisotopic (exact) mass is 609 g/mol. The van der Waals surface area contributed by atoms with Gasteiger partial charge in [-0.05, 0) is 77.4 Å². The molecule has 1 amide bonds. The van der Waals surface area contributed by atoms with Crippen molar-refractivity contribution < 1.29 is 23.1 Å². The van der Waals surface area contributed by atoms with Crippen molar-refractivity contribution in [1.82, 2.24) is 15.2 Å². The number of halogens is 2. The number of aryl methyl sites for hydroxylation is 1. The predicted octanol–water partition coefficient (Wildman–Crippen LogP) is 6.62. The molecule has 0 radical (unpaired) electrons. The zero-order valence-corrected chi connectivity index (χ0v) is 25.4. The maximum Gasteiger partial charge on any atom is 0.328 e. The van der Waals surface area contributed by atoms with Crippen LogP contribution in [-0.4, -0.2) is 46.9 Å². The molecule has 6 nitrogen and oxygen atoms in total. The quantitative estimate of drug-likeness (QED) is 0.172. The molecule has 220 valence electrons. The summed E-state index contributed by atoms with van der Waals surface area (Å²) in [6.45, 7) is 3.27. The third-order valence-electron chi connectivity index (χ3n) is 6.76. The summed E-state index contributed by atoms with van der Waals surface area (Å²) in [7, 11) is 1.31. The lowest BCUT2D eigenvalue weighted by molar-refractivity contribution is -0.142. The van der Waals surface area contributed by atoms with Gasteiger partial charge in [-0.3, -0.25) is 14.7 Å². The van der Waals surface area contributed by atoms with E-state index in [4.69, 9.17) is 4.74 Å². The normalized spacial score (nSPS) is 11.9. The van der Waals surface area contributed by atoms with Crippen molar-refractivity contribution in [2.75, 3.05) is 19.1 Å². The Hall–Kier alpha value is -3.60. The Morgan fingerprint density at radius 3 is 2.40 bits per heavy atom. The number of aromatic nitrogens is 1. The van der Waals surface area contributed by atoms with Gasteiger partial charge in [0.25, 0.3) is 5.91 Å². The lowest BCUT2D eigenvalue weighted by Gasteiger charge is -2.23. The molecular formula is C32H33F2N3O3S2. The second kappa shape index (κ2) is 15.0. The van der Waals surface area contributed by atoms with Crippen molar-refractivity contribution in [1.29, 1.82) is 0 Å². The van der Waals surface area contributed by atoms with Crippen LogP contribution in [0.1, 0.15) is 38.3 Å². The molecule has 0 aliphatic heterocycles. The number of thiazole rings is 1. The van der Waals surface area contributed by atoms with E-state index in [2.05, 4.69) is 15.2 Å². The Labute approximate surface area is 253 Å². The van der Waals surface area contributed by atoms with Gasteiger partial charge in [-0.25, -0.2) is 13.6 Å². The first-order chi connectivity index (χ1) is 20.3. The molecule has 0 spiro atoms.